The van der Waals surface area contributed by atoms with Crippen LogP contribution in [-0.2, 0) is 0 Å². The van der Waals surface area contributed by atoms with E-state index in [9.17, 15) is 9.59 Å². The number of benzene rings is 2. The first kappa shape index (κ1) is 17.7. The summed E-state index contributed by atoms with van der Waals surface area (Å²) in [5, 5.41) is 3.63. The van der Waals surface area contributed by atoms with E-state index in [0.29, 0.717) is 40.7 Å². The molecule has 0 radical (unpaired) electrons. The summed E-state index contributed by atoms with van der Waals surface area (Å²) < 4.78 is 10.6. The van der Waals surface area contributed by atoms with E-state index >= 15 is 0 Å². The van der Waals surface area contributed by atoms with Crippen LogP contribution in [0.1, 0.15) is 33.6 Å². The Bertz CT molecular complexity index is 861. The van der Waals surface area contributed by atoms with E-state index in [-0.39, 0.29) is 24.6 Å². The van der Waals surface area contributed by atoms with E-state index in [1.807, 2.05) is 4.90 Å². The number of halogens is 1. The fourth-order valence-corrected chi connectivity index (χ4v) is 3.44. The SMILES string of the molecule is O=C(NC1CCN(C(=O)c2ccc3c(c2)OCO3)CC1)c1ccc(Cl)cc1. The highest BCUT2D eigenvalue weighted by molar-refractivity contribution is 6.30. The van der Waals surface area contributed by atoms with Gasteiger partial charge in [0.15, 0.2) is 11.5 Å². The summed E-state index contributed by atoms with van der Waals surface area (Å²) in [7, 11) is 0. The summed E-state index contributed by atoms with van der Waals surface area (Å²) in [6, 6.07) is 12.1. The van der Waals surface area contributed by atoms with Crippen LogP contribution in [0.5, 0.6) is 11.5 Å². The highest BCUT2D eigenvalue weighted by Crippen LogP contribution is 2.33. The highest BCUT2D eigenvalue weighted by atomic mass is 35.5. The van der Waals surface area contributed by atoms with Crippen molar-refractivity contribution in [3.8, 4) is 11.5 Å². The van der Waals surface area contributed by atoms with Crippen molar-refractivity contribution in [2.45, 2.75) is 18.9 Å². The monoisotopic (exact) mass is 386 g/mol. The van der Waals surface area contributed by atoms with Crippen LogP contribution in [0.3, 0.4) is 0 Å². The van der Waals surface area contributed by atoms with Crippen LogP contribution in [0.4, 0.5) is 0 Å². The first-order chi connectivity index (χ1) is 13.1. The minimum absolute atomic E-state index is 0.0317. The van der Waals surface area contributed by atoms with Crippen molar-refractivity contribution in [3.05, 3.63) is 58.6 Å². The van der Waals surface area contributed by atoms with Gasteiger partial charge in [-0.15, -0.1) is 0 Å². The molecule has 2 aromatic carbocycles. The lowest BCUT2D eigenvalue weighted by atomic mass is 10.0. The van der Waals surface area contributed by atoms with Gasteiger partial charge in [-0.1, -0.05) is 11.6 Å². The van der Waals surface area contributed by atoms with Crippen LogP contribution in [-0.4, -0.2) is 42.6 Å². The van der Waals surface area contributed by atoms with Crippen LogP contribution in [0.2, 0.25) is 5.02 Å². The molecule has 0 saturated carbocycles. The molecule has 4 rings (SSSR count). The van der Waals surface area contributed by atoms with Crippen LogP contribution >= 0.6 is 11.6 Å². The van der Waals surface area contributed by atoms with Crippen molar-refractivity contribution in [2.75, 3.05) is 19.9 Å². The van der Waals surface area contributed by atoms with Gasteiger partial charge in [0.2, 0.25) is 6.79 Å². The number of carbonyl (C=O) groups excluding carboxylic acids is 2. The third-order valence-corrected chi connectivity index (χ3v) is 5.10. The molecule has 140 valence electrons. The molecule has 2 aliphatic rings. The van der Waals surface area contributed by atoms with E-state index in [2.05, 4.69) is 5.32 Å². The van der Waals surface area contributed by atoms with Crippen LogP contribution < -0.4 is 14.8 Å². The van der Waals surface area contributed by atoms with Gasteiger partial charge in [0, 0.05) is 35.3 Å². The molecule has 0 spiro atoms. The molecule has 0 bridgehead atoms. The second-order valence-corrected chi connectivity index (χ2v) is 7.05. The molecule has 2 heterocycles. The number of hydrogen-bond donors (Lipinski definition) is 1. The number of piperidine rings is 1. The third-order valence-electron chi connectivity index (χ3n) is 4.84. The molecule has 2 aromatic rings. The maximum absolute atomic E-state index is 12.7. The number of nitrogens with one attached hydrogen (secondary N) is 1. The van der Waals surface area contributed by atoms with Gasteiger partial charge in [-0.3, -0.25) is 9.59 Å². The average molecular weight is 387 g/mol. The van der Waals surface area contributed by atoms with E-state index in [1.54, 1.807) is 42.5 Å². The lowest BCUT2D eigenvalue weighted by molar-refractivity contribution is 0.0697. The number of likely N-dealkylation sites (tertiary alicyclic amines) is 1. The Morgan fingerprint density at radius 3 is 2.37 bits per heavy atom. The summed E-state index contributed by atoms with van der Waals surface area (Å²) in [6.45, 7) is 1.38. The van der Waals surface area contributed by atoms with E-state index < -0.39 is 0 Å². The van der Waals surface area contributed by atoms with Gasteiger partial charge >= 0.3 is 0 Å². The van der Waals surface area contributed by atoms with Crippen molar-refractivity contribution in [3.63, 3.8) is 0 Å². The summed E-state index contributed by atoms with van der Waals surface area (Å²) >= 11 is 5.85. The maximum Gasteiger partial charge on any atom is 0.253 e. The number of rotatable bonds is 3. The molecule has 0 aliphatic carbocycles. The molecule has 6 nitrogen and oxygen atoms in total. The zero-order valence-corrected chi connectivity index (χ0v) is 15.4. The molecule has 1 N–H and O–H groups in total. The van der Waals surface area contributed by atoms with Crippen LogP contribution in [0.15, 0.2) is 42.5 Å². The van der Waals surface area contributed by atoms with Gasteiger partial charge in [0.25, 0.3) is 11.8 Å². The molecule has 2 aliphatic heterocycles. The van der Waals surface area contributed by atoms with Gasteiger partial charge in [-0.25, -0.2) is 0 Å². The number of amides is 2. The Morgan fingerprint density at radius 2 is 1.63 bits per heavy atom. The van der Waals surface area contributed by atoms with Crippen LogP contribution in [0, 0.1) is 0 Å². The fourth-order valence-electron chi connectivity index (χ4n) is 3.31. The van der Waals surface area contributed by atoms with Gasteiger partial charge < -0.3 is 19.7 Å². The number of ether oxygens (including phenoxy) is 2. The summed E-state index contributed by atoms with van der Waals surface area (Å²) in [5.41, 5.74) is 1.17. The van der Waals surface area contributed by atoms with Crippen molar-refractivity contribution >= 4 is 23.4 Å². The molecule has 1 saturated heterocycles. The molecule has 2 amide bonds. The molecular weight excluding hydrogens is 368 g/mol. The number of carbonyl (C=O) groups is 2. The number of fused-ring (bicyclic) bond motifs is 1. The standard InChI is InChI=1S/C20H19ClN2O4/c21-15-4-1-13(2-5-15)19(24)22-16-7-9-23(10-8-16)20(25)14-3-6-17-18(11-14)27-12-26-17/h1-6,11,16H,7-10,12H2,(H,22,24). The minimum atomic E-state index is -0.118. The van der Waals surface area contributed by atoms with Crippen molar-refractivity contribution < 1.29 is 19.1 Å². The third kappa shape index (κ3) is 3.85. The smallest absolute Gasteiger partial charge is 0.253 e. The molecule has 0 atom stereocenters. The summed E-state index contributed by atoms with van der Waals surface area (Å²) in [4.78, 5) is 26.8. The minimum Gasteiger partial charge on any atom is -0.454 e. The number of nitrogens with zero attached hydrogens (tertiary/aromatic N) is 1. The van der Waals surface area contributed by atoms with Gasteiger partial charge in [0.1, 0.15) is 0 Å². The van der Waals surface area contributed by atoms with Crippen molar-refractivity contribution in [2.24, 2.45) is 0 Å². The second-order valence-electron chi connectivity index (χ2n) is 6.61. The Balaban J connectivity index is 1.32. The van der Waals surface area contributed by atoms with Gasteiger partial charge in [0.05, 0.1) is 0 Å². The quantitative estimate of drug-likeness (QED) is 0.880. The summed E-state index contributed by atoms with van der Waals surface area (Å²) in [6.07, 6.45) is 1.44. The first-order valence-corrected chi connectivity index (χ1v) is 9.23. The first-order valence-electron chi connectivity index (χ1n) is 8.85. The average Bonchev–Trinajstić information content (AvgIpc) is 3.16. The predicted molar refractivity (Wildman–Crippen MR) is 100 cm³/mol. The van der Waals surface area contributed by atoms with E-state index in [0.717, 1.165) is 12.8 Å². The zero-order valence-electron chi connectivity index (χ0n) is 14.6. The lowest BCUT2D eigenvalue weighted by Crippen LogP contribution is -2.46. The maximum atomic E-state index is 12.7. The Morgan fingerprint density at radius 1 is 0.963 bits per heavy atom. The Labute approximate surface area is 162 Å². The molecule has 7 heteroatoms. The Hall–Kier alpha value is -2.73. The predicted octanol–water partition coefficient (Wildman–Crippen LogP) is 3.10. The van der Waals surface area contributed by atoms with Crippen molar-refractivity contribution in [1.29, 1.82) is 0 Å². The topological polar surface area (TPSA) is 67.9 Å². The van der Waals surface area contributed by atoms with E-state index in [1.165, 1.54) is 0 Å². The normalized spacial score (nSPS) is 16.3. The lowest BCUT2D eigenvalue weighted by Gasteiger charge is -2.32. The molecule has 1 fully saturated rings. The molecule has 0 unspecified atom stereocenters. The van der Waals surface area contributed by atoms with Gasteiger partial charge in [-0.2, -0.15) is 0 Å². The fraction of sp³-hybridized carbons (Fsp3) is 0.300. The Kier molecular flexibility index (Phi) is 4.90. The van der Waals surface area contributed by atoms with Crippen molar-refractivity contribution in [1.82, 2.24) is 10.2 Å². The molecule has 0 aromatic heterocycles. The summed E-state index contributed by atoms with van der Waals surface area (Å²) in [5.74, 6) is 1.11. The van der Waals surface area contributed by atoms with E-state index in [4.69, 9.17) is 21.1 Å². The molecular formula is C20H19ClN2O4. The second kappa shape index (κ2) is 7.48. The van der Waals surface area contributed by atoms with Gasteiger partial charge in [-0.05, 0) is 55.3 Å². The number of hydrogen-bond acceptors (Lipinski definition) is 4. The van der Waals surface area contributed by atoms with Crippen LogP contribution in [0.25, 0.3) is 0 Å². The molecule has 27 heavy (non-hydrogen) atoms. The largest absolute Gasteiger partial charge is 0.454 e. The highest BCUT2D eigenvalue weighted by Gasteiger charge is 2.26. The zero-order chi connectivity index (χ0) is 18.8.